The lowest BCUT2D eigenvalue weighted by Gasteiger charge is -2.41. The maximum atomic E-state index is 13.7. The van der Waals surface area contributed by atoms with Gasteiger partial charge in [-0.3, -0.25) is 19.2 Å². The van der Waals surface area contributed by atoms with Crippen LogP contribution in [0.3, 0.4) is 0 Å². The van der Waals surface area contributed by atoms with Crippen molar-refractivity contribution in [1.82, 2.24) is 0 Å². The zero-order chi connectivity index (χ0) is 21.6. The summed E-state index contributed by atoms with van der Waals surface area (Å²) in [5.74, 6) is -2.11. The number of aliphatic hydroxyl groups is 1. The van der Waals surface area contributed by atoms with E-state index in [1.54, 1.807) is 37.3 Å². The van der Waals surface area contributed by atoms with Gasteiger partial charge >= 0.3 is 5.97 Å². The molecule has 1 fully saturated rings. The topological polar surface area (TPSA) is 107 Å². The fraction of sp³-hybridized carbons (Fsp3) is 0.391. The molecule has 0 radical (unpaired) electrons. The van der Waals surface area contributed by atoms with Gasteiger partial charge in [0, 0.05) is 29.6 Å². The summed E-state index contributed by atoms with van der Waals surface area (Å²) < 4.78 is 10.7. The van der Waals surface area contributed by atoms with Crippen molar-refractivity contribution in [2.75, 3.05) is 7.11 Å². The highest BCUT2D eigenvalue weighted by atomic mass is 16.5. The van der Waals surface area contributed by atoms with E-state index in [-0.39, 0.29) is 34.7 Å². The van der Waals surface area contributed by atoms with E-state index in [9.17, 15) is 24.3 Å². The fourth-order valence-electron chi connectivity index (χ4n) is 5.55. The van der Waals surface area contributed by atoms with Crippen LogP contribution in [0.5, 0.6) is 5.75 Å². The molecule has 4 aliphatic carbocycles. The summed E-state index contributed by atoms with van der Waals surface area (Å²) in [5, 5.41) is 10.6. The van der Waals surface area contributed by atoms with Crippen molar-refractivity contribution >= 4 is 23.3 Å². The van der Waals surface area contributed by atoms with Crippen LogP contribution in [0.25, 0.3) is 0 Å². The summed E-state index contributed by atoms with van der Waals surface area (Å²) in [5.41, 5.74) is -1.62. The molecule has 7 nitrogen and oxygen atoms in total. The smallest absolute Gasteiger partial charge is 0.303 e. The number of hydrogen-bond acceptors (Lipinski definition) is 7. The number of ether oxygens (including phenoxy) is 2. The van der Waals surface area contributed by atoms with Crippen LogP contribution >= 0.6 is 0 Å². The summed E-state index contributed by atoms with van der Waals surface area (Å²) in [6, 6.07) is 4.81. The third-order valence-electron chi connectivity index (χ3n) is 7.04. The Morgan fingerprint density at radius 3 is 2.60 bits per heavy atom. The molecule has 7 heteroatoms. The van der Waals surface area contributed by atoms with E-state index in [2.05, 4.69) is 0 Å². The lowest BCUT2D eigenvalue weighted by Crippen LogP contribution is -2.50. The maximum Gasteiger partial charge on any atom is 0.303 e. The second-order valence-electron chi connectivity index (χ2n) is 8.46. The van der Waals surface area contributed by atoms with Gasteiger partial charge in [-0.25, -0.2) is 0 Å². The Morgan fingerprint density at radius 1 is 1.20 bits per heavy atom. The van der Waals surface area contributed by atoms with Crippen LogP contribution in [-0.2, 0) is 14.3 Å². The Bertz CT molecular complexity index is 1130. The molecule has 5 rings (SSSR count). The third-order valence-corrected chi connectivity index (χ3v) is 7.04. The minimum atomic E-state index is -1.43. The number of carbonyl (C=O) groups is 4. The third kappa shape index (κ3) is 1.94. The molecule has 5 unspecified atom stereocenters. The van der Waals surface area contributed by atoms with E-state index >= 15 is 0 Å². The van der Waals surface area contributed by atoms with Gasteiger partial charge in [0.2, 0.25) is 0 Å². The molecule has 4 aliphatic rings. The normalized spacial score (nSPS) is 35.9. The Kier molecular flexibility index (Phi) is 3.63. The molecule has 154 valence electrons. The lowest BCUT2D eigenvalue weighted by atomic mass is 9.62. The number of methoxy groups -OCH3 is 1. The standard InChI is InChI=1S/C23H20O7/c1-10-17(25)18(26)16-13(19(10)30-11(2)24)7-8-22-9-23(16,22)20(27)12-5-4-6-14(29-3)15(12)21(22)28/h4-8,10,17,19,25H,9H2,1-3H3. The quantitative estimate of drug-likeness (QED) is 0.744. The van der Waals surface area contributed by atoms with Crippen LogP contribution in [0.15, 0.2) is 41.5 Å². The highest BCUT2D eigenvalue weighted by molar-refractivity contribution is 6.29. The molecule has 0 heterocycles. The van der Waals surface area contributed by atoms with E-state index in [1.165, 1.54) is 14.0 Å². The largest absolute Gasteiger partial charge is 0.496 e. The van der Waals surface area contributed by atoms with Crippen LogP contribution in [0, 0.1) is 16.7 Å². The van der Waals surface area contributed by atoms with E-state index in [1.807, 2.05) is 0 Å². The number of ketones is 3. The van der Waals surface area contributed by atoms with Gasteiger partial charge in [-0.1, -0.05) is 31.2 Å². The van der Waals surface area contributed by atoms with Gasteiger partial charge in [0.1, 0.15) is 18.0 Å². The molecule has 5 atom stereocenters. The van der Waals surface area contributed by atoms with Crippen molar-refractivity contribution in [2.24, 2.45) is 16.7 Å². The first-order valence-corrected chi connectivity index (χ1v) is 9.81. The van der Waals surface area contributed by atoms with Gasteiger partial charge in [0.15, 0.2) is 17.3 Å². The first-order valence-electron chi connectivity index (χ1n) is 9.81. The molecule has 0 amide bonds. The number of Topliss-reactive ketones (excluding diaryl/α,β-unsaturated/α-hetero) is 3. The summed E-state index contributed by atoms with van der Waals surface area (Å²) in [4.78, 5) is 52.2. The number of carbonyl (C=O) groups excluding carboxylic acids is 4. The number of benzene rings is 1. The zero-order valence-electron chi connectivity index (χ0n) is 16.7. The van der Waals surface area contributed by atoms with Crippen LogP contribution in [0.1, 0.15) is 41.0 Å². The maximum absolute atomic E-state index is 13.7. The molecule has 0 aliphatic heterocycles. The Labute approximate surface area is 172 Å². The molecule has 0 bridgehead atoms. The van der Waals surface area contributed by atoms with Crippen molar-refractivity contribution < 1.29 is 33.8 Å². The number of esters is 1. The molecule has 0 aromatic heterocycles. The molecule has 1 saturated carbocycles. The minimum Gasteiger partial charge on any atom is -0.496 e. The number of hydrogen-bond donors (Lipinski definition) is 1. The SMILES string of the molecule is COc1cccc2c1C(=O)C13C=CC4=C(C(=O)C(O)C(C)C4OC(C)=O)C1(C3)C2=O. The van der Waals surface area contributed by atoms with Crippen molar-refractivity contribution in [3.05, 3.63) is 52.6 Å². The van der Waals surface area contributed by atoms with Gasteiger partial charge in [-0.15, -0.1) is 0 Å². The predicted molar refractivity (Wildman–Crippen MR) is 103 cm³/mol. The number of fused-ring (bicyclic) bond motifs is 1. The molecule has 1 aromatic carbocycles. The average Bonchev–Trinajstić information content (AvgIpc) is 3.44. The molecular weight excluding hydrogens is 388 g/mol. The Balaban J connectivity index is 1.76. The van der Waals surface area contributed by atoms with Crippen molar-refractivity contribution in [3.63, 3.8) is 0 Å². The molecule has 30 heavy (non-hydrogen) atoms. The highest BCUT2D eigenvalue weighted by Crippen LogP contribution is 2.76. The predicted octanol–water partition coefficient (Wildman–Crippen LogP) is 1.83. The fourth-order valence-corrected chi connectivity index (χ4v) is 5.55. The molecule has 1 N–H and O–H groups in total. The van der Waals surface area contributed by atoms with Gasteiger partial charge in [-0.2, -0.15) is 0 Å². The first kappa shape index (κ1) is 18.9. The number of aliphatic hydroxyl groups excluding tert-OH is 1. The van der Waals surface area contributed by atoms with Crippen molar-refractivity contribution in [3.8, 4) is 5.75 Å². The van der Waals surface area contributed by atoms with Crippen molar-refractivity contribution in [2.45, 2.75) is 32.5 Å². The minimum absolute atomic E-state index is 0.105. The van der Waals surface area contributed by atoms with Crippen LogP contribution < -0.4 is 4.74 Å². The van der Waals surface area contributed by atoms with Crippen molar-refractivity contribution in [1.29, 1.82) is 0 Å². The molecule has 0 saturated heterocycles. The van der Waals surface area contributed by atoms with Gasteiger partial charge < -0.3 is 14.6 Å². The van der Waals surface area contributed by atoms with Gasteiger partial charge in [0.05, 0.1) is 23.5 Å². The lowest BCUT2D eigenvalue weighted by molar-refractivity contribution is -0.151. The number of rotatable bonds is 2. The second kappa shape index (κ2) is 5.76. The summed E-state index contributed by atoms with van der Waals surface area (Å²) in [7, 11) is 1.43. The van der Waals surface area contributed by atoms with Gasteiger partial charge in [0.25, 0.3) is 0 Å². The average molecular weight is 408 g/mol. The van der Waals surface area contributed by atoms with Crippen LogP contribution in [-0.4, -0.2) is 47.7 Å². The van der Waals surface area contributed by atoms with Gasteiger partial charge in [-0.05, 0) is 12.5 Å². The molecular formula is C23H20O7. The molecule has 1 aromatic rings. The number of allylic oxidation sites excluding steroid dienone is 1. The highest BCUT2D eigenvalue weighted by Gasteiger charge is 2.81. The Morgan fingerprint density at radius 2 is 1.93 bits per heavy atom. The Hall–Kier alpha value is -3.06. The monoisotopic (exact) mass is 408 g/mol. The van der Waals surface area contributed by atoms with E-state index in [4.69, 9.17) is 9.47 Å². The summed E-state index contributed by atoms with van der Waals surface area (Å²) in [6.45, 7) is 2.87. The van der Waals surface area contributed by atoms with Crippen LogP contribution in [0.2, 0.25) is 0 Å². The summed E-state index contributed by atoms with van der Waals surface area (Å²) >= 11 is 0. The zero-order valence-corrected chi connectivity index (χ0v) is 16.7. The van der Waals surface area contributed by atoms with E-state index in [0.29, 0.717) is 11.3 Å². The molecule has 0 spiro atoms. The summed E-state index contributed by atoms with van der Waals surface area (Å²) in [6.07, 6.45) is 1.12. The first-order chi connectivity index (χ1) is 14.2. The second-order valence-corrected chi connectivity index (χ2v) is 8.46. The van der Waals surface area contributed by atoms with E-state index in [0.717, 1.165) is 0 Å². The van der Waals surface area contributed by atoms with Crippen LogP contribution in [0.4, 0.5) is 0 Å². The van der Waals surface area contributed by atoms with E-state index < -0.39 is 40.7 Å².